The molecule has 1 aliphatic heterocycles. The molecule has 11 aromatic carbocycles. The lowest BCUT2D eigenvalue weighted by Crippen LogP contribution is -2.13. The van der Waals surface area contributed by atoms with Crippen molar-refractivity contribution >= 4 is 80.6 Å². The number of phenols is 5. The highest BCUT2D eigenvalue weighted by molar-refractivity contribution is 6.30. The number of carbonyl (C=O) groups excluding carboxylic acids is 4. The molecule has 0 aliphatic carbocycles. The van der Waals surface area contributed by atoms with Crippen molar-refractivity contribution in [1.29, 1.82) is 0 Å². The van der Waals surface area contributed by atoms with E-state index in [1.165, 1.54) is 134 Å². The SMILES string of the molecule is C=C(Nc1ccc(C2=CC(c3cc(F)ccc3O)=NC2)cc1)c1cc(C)cc(OC)c1.Cc1conc1C(=O)Nc1ccc(-c2cc(-c3cc(F)ccc3O)[nH]n2)cc1.O=C(Nc1ccc(-c2cc(-c3cc(F)ccc3O)[nH]n2)cc1)c1cccnc1.O=C(Nc1ccc(-c2cc(-c3cc(F)ccc3O)[nH]n2)cc1)c1ccnc(Cl)c1.O=C(Nc1ccc(-c2cc(-c3cc(F)ccc3O)[nH]n2)cc1)c1cnccn1. The third kappa shape index (κ3) is 24.7. The van der Waals surface area contributed by atoms with Gasteiger partial charge in [0, 0.05) is 132 Å². The fourth-order valence-corrected chi connectivity index (χ4v) is 14.7. The monoisotopic (exact) mass is 1950 g/mol. The number of aromatic nitrogens is 13. The lowest BCUT2D eigenvalue weighted by molar-refractivity contribution is 0.101. The number of pyridine rings is 2. The number of H-pyrrole nitrogens is 4. The second kappa shape index (κ2) is 44.7. The minimum absolute atomic E-state index is 0.0171. The molecular formula is C108H81ClF5N19O11. The molecule has 20 rings (SSSR count). The Morgan fingerprint density at radius 3 is 1.19 bits per heavy atom. The second-order valence-corrected chi connectivity index (χ2v) is 32.3. The Balaban J connectivity index is 0.000000129. The summed E-state index contributed by atoms with van der Waals surface area (Å²) in [7, 11) is 1.65. The first-order valence-corrected chi connectivity index (χ1v) is 44.0. The number of ether oxygens (including phenoxy) is 1. The Morgan fingerprint density at radius 2 is 0.792 bits per heavy atom. The Hall–Kier alpha value is -19.6. The van der Waals surface area contributed by atoms with E-state index in [0.29, 0.717) is 125 Å². The van der Waals surface area contributed by atoms with E-state index in [4.69, 9.17) is 20.9 Å². The molecular weight excluding hydrogens is 1870 g/mol. The van der Waals surface area contributed by atoms with E-state index >= 15 is 0 Å². The van der Waals surface area contributed by atoms with Crippen LogP contribution in [0.1, 0.15) is 69.5 Å². The second-order valence-electron chi connectivity index (χ2n) is 31.9. The quantitative estimate of drug-likeness (QED) is 0.0221. The van der Waals surface area contributed by atoms with Gasteiger partial charge in [-0.3, -0.25) is 54.5 Å². The van der Waals surface area contributed by atoms with Crippen LogP contribution in [0.25, 0.3) is 101 Å². The standard InChI is InChI=1S/C26H23FN2O2.C21H14ClFN4O2.C21H15FN4O2.C20H14FN5O2.C20H15FN4O3/c1-16-10-19(12-23(11-16)31-3)17(2)29-22-7-4-18(5-8-22)20-13-25(28-15-20)24-14-21(27)6-9-26(24)30;22-20-9-13(7-8-24-20)21(29)25-15-4-1-12(2-5-15)17-11-18(27-26-17)16-10-14(23)3-6-19(16)28;22-15-5-8-20(27)17(10-15)19-11-18(25-26-19)13-3-6-16(7-4-13)24-21(28)14-2-1-9-23-12-14;21-13-3-6-19(27)15(9-13)17-10-16(25-26-17)12-1-4-14(5-2-12)24-20(28)18-11-22-7-8-23-18;1-11-10-28-25-19(11)20(27)22-14-5-2-12(3-6-14)16-9-17(24-23-16)15-8-13(21)4-7-18(15)26/h4-14,29-30H,2,15H2,1,3H3;1-11,28H,(H,25,29)(H,26,27);1-12,27H,(H,24,28)(H,25,26);1-11,27H,(H,24,28)(H,25,26);2-10,26H,1H3,(H,22,27)(H,23,24). The molecule has 0 atom stereocenters. The number of nitrogens with zero attached hydrogens (tertiary/aromatic N) is 10. The first-order chi connectivity index (χ1) is 69.6. The maximum Gasteiger partial charge on any atom is 0.278 e. The Kier molecular flexibility index (Phi) is 30.3. The molecule has 8 aromatic heterocycles. The van der Waals surface area contributed by atoms with Crippen molar-refractivity contribution < 1.29 is 75.9 Å². The molecule has 0 radical (unpaired) electrons. The van der Waals surface area contributed by atoms with E-state index in [-0.39, 0.29) is 68.9 Å². The lowest BCUT2D eigenvalue weighted by Gasteiger charge is -2.13. The fourth-order valence-electron chi connectivity index (χ4n) is 14.5. The molecule has 0 fully saturated rings. The number of aromatic amines is 4. The number of hydrogen-bond donors (Lipinski definition) is 14. The summed E-state index contributed by atoms with van der Waals surface area (Å²) in [6, 6.07) is 74.2. The number of phenolic OH excluding ortho intramolecular Hbond substituents is 5. The Morgan fingerprint density at radius 1 is 0.396 bits per heavy atom. The van der Waals surface area contributed by atoms with E-state index < -0.39 is 29.1 Å². The first-order valence-electron chi connectivity index (χ1n) is 43.6. The number of aromatic hydroxyl groups is 5. The van der Waals surface area contributed by atoms with Gasteiger partial charge in [-0.25, -0.2) is 31.9 Å². The number of anilines is 5. The number of allylic oxidation sites excluding steroid dienone is 1. The van der Waals surface area contributed by atoms with Gasteiger partial charge in [0.2, 0.25) is 0 Å². The number of hydrogen-bond acceptors (Lipinski definition) is 22. The maximum absolute atomic E-state index is 13.5. The number of halogens is 6. The Bertz CT molecular complexity index is 7780. The van der Waals surface area contributed by atoms with Crippen LogP contribution in [0, 0.1) is 42.9 Å². The lowest BCUT2D eigenvalue weighted by atomic mass is 10.0. The van der Waals surface area contributed by atoms with Gasteiger partial charge in [-0.1, -0.05) is 84.0 Å². The molecule has 30 nitrogen and oxygen atoms in total. The normalized spacial score (nSPS) is 11.1. The molecule has 0 unspecified atom stereocenters. The minimum atomic E-state index is -0.454. The molecule has 9 heterocycles. The minimum Gasteiger partial charge on any atom is -0.507 e. The number of nitrogens with one attached hydrogen (secondary N) is 9. The summed E-state index contributed by atoms with van der Waals surface area (Å²) in [5.74, 6) is -2.83. The van der Waals surface area contributed by atoms with Crippen LogP contribution in [0.15, 0.2) is 345 Å². The zero-order valence-corrected chi connectivity index (χ0v) is 76.8. The third-order valence-electron chi connectivity index (χ3n) is 21.9. The van der Waals surface area contributed by atoms with Crippen molar-refractivity contribution in [1.82, 2.24) is 65.9 Å². The molecule has 716 valence electrons. The van der Waals surface area contributed by atoms with Gasteiger partial charge in [0.25, 0.3) is 23.6 Å². The largest absolute Gasteiger partial charge is 0.507 e. The molecule has 144 heavy (non-hydrogen) atoms. The number of methoxy groups -OCH3 is 1. The van der Waals surface area contributed by atoms with Gasteiger partial charge in [-0.2, -0.15) is 20.4 Å². The topological polar surface area (TPSA) is 443 Å². The van der Waals surface area contributed by atoms with Crippen LogP contribution >= 0.6 is 11.6 Å². The van der Waals surface area contributed by atoms with Crippen LogP contribution in [0.4, 0.5) is 50.4 Å². The number of aliphatic imine (C=N–C) groups is 1. The van der Waals surface area contributed by atoms with Crippen LogP contribution < -0.4 is 31.3 Å². The summed E-state index contributed by atoms with van der Waals surface area (Å²) in [6.07, 6.45) is 12.2. The van der Waals surface area contributed by atoms with Gasteiger partial charge in [0.1, 0.15) is 80.7 Å². The molecule has 0 saturated carbocycles. The van der Waals surface area contributed by atoms with Crippen molar-refractivity contribution in [3.05, 3.63) is 420 Å². The number of amides is 4. The molecule has 1 aliphatic rings. The predicted molar refractivity (Wildman–Crippen MR) is 537 cm³/mol. The number of rotatable bonds is 22. The van der Waals surface area contributed by atoms with Gasteiger partial charge < -0.3 is 61.4 Å². The maximum atomic E-state index is 13.5. The van der Waals surface area contributed by atoms with E-state index in [0.717, 1.165) is 61.7 Å². The van der Waals surface area contributed by atoms with Gasteiger partial charge in [-0.15, -0.1) is 0 Å². The summed E-state index contributed by atoms with van der Waals surface area (Å²) >= 11 is 5.81. The van der Waals surface area contributed by atoms with Crippen LogP contribution in [0.5, 0.6) is 34.5 Å². The van der Waals surface area contributed by atoms with E-state index in [2.05, 4.69) is 110 Å². The molecule has 0 spiro atoms. The van der Waals surface area contributed by atoms with Crippen molar-refractivity contribution in [2.75, 3.05) is 40.2 Å². The zero-order valence-electron chi connectivity index (χ0n) is 76.0. The molecule has 0 saturated heterocycles. The highest BCUT2D eigenvalue weighted by Gasteiger charge is 2.22. The van der Waals surface area contributed by atoms with Gasteiger partial charge in [0.05, 0.1) is 76.7 Å². The fraction of sp³-hybridized carbons (Fsp3) is 0.0370. The van der Waals surface area contributed by atoms with Crippen LogP contribution in [0.3, 0.4) is 0 Å². The highest BCUT2D eigenvalue weighted by Crippen LogP contribution is 2.38. The number of carbonyl (C=O) groups is 4. The highest BCUT2D eigenvalue weighted by atomic mass is 35.5. The summed E-state index contributed by atoms with van der Waals surface area (Å²) < 4.78 is 77.5. The van der Waals surface area contributed by atoms with Gasteiger partial charge in [0.15, 0.2) is 5.69 Å². The van der Waals surface area contributed by atoms with Crippen molar-refractivity contribution in [3.63, 3.8) is 0 Å². The van der Waals surface area contributed by atoms with Crippen LogP contribution in [-0.4, -0.2) is 134 Å². The number of aryl methyl sites for hydroxylation is 2. The first kappa shape index (κ1) is 97.5. The summed E-state index contributed by atoms with van der Waals surface area (Å²) in [6.45, 7) is 8.38. The van der Waals surface area contributed by atoms with Gasteiger partial charge in [-0.05, 0) is 255 Å². The average molecular weight is 1950 g/mol. The summed E-state index contributed by atoms with van der Waals surface area (Å²) in [5.41, 5.74) is 20.1. The van der Waals surface area contributed by atoms with E-state index in [1.54, 1.807) is 148 Å². The van der Waals surface area contributed by atoms with Crippen molar-refractivity contribution in [3.8, 4) is 125 Å². The molecule has 4 amide bonds. The summed E-state index contributed by atoms with van der Waals surface area (Å²) in [5, 5.41) is 96.1. The smallest absolute Gasteiger partial charge is 0.278 e. The molecule has 36 heteroatoms. The number of benzene rings is 11. The van der Waals surface area contributed by atoms with Crippen LogP contribution in [-0.2, 0) is 0 Å². The van der Waals surface area contributed by atoms with Crippen molar-refractivity contribution in [2.24, 2.45) is 4.99 Å². The molecule has 19 aromatic rings. The van der Waals surface area contributed by atoms with Crippen LogP contribution in [0.2, 0.25) is 5.15 Å². The zero-order chi connectivity index (χ0) is 101. The molecule has 14 N–H and O–H groups in total. The van der Waals surface area contributed by atoms with Gasteiger partial charge >= 0.3 is 0 Å². The van der Waals surface area contributed by atoms with Crippen molar-refractivity contribution in [2.45, 2.75) is 13.8 Å². The summed E-state index contributed by atoms with van der Waals surface area (Å²) in [4.78, 5) is 68.7. The predicted octanol–water partition coefficient (Wildman–Crippen LogP) is 22.7. The average Bonchev–Trinajstić information content (AvgIpc) is 1.69. The van der Waals surface area contributed by atoms with E-state index in [9.17, 15) is 66.7 Å². The van der Waals surface area contributed by atoms with E-state index in [1.807, 2.05) is 61.5 Å². The Labute approximate surface area is 821 Å². The molecule has 0 bridgehead atoms. The third-order valence-corrected chi connectivity index (χ3v) is 22.1.